The van der Waals surface area contributed by atoms with Crippen LogP contribution in [0.25, 0.3) is 0 Å². The summed E-state index contributed by atoms with van der Waals surface area (Å²) in [5.41, 5.74) is 3.00. The van der Waals surface area contributed by atoms with Gasteiger partial charge in [-0.1, -0.05) is 12.1 Å². The molecule has 0 unspecified atom stereocenters. The van der Waals surface area contributed by atoms with Crippen molar-refractivity contribution in [2.75, 3.05) is 71.0 Å². The van der Waals surface area contributed by atoms with Crippen molar-refractivity contribution in [1.29, 1.82) is 0 Å². The average molecular weight is 591 g/mol. The van der Waals surface area contributed by atoms with Gasteiger partial charge in [0.1, 0.15) is 19.0 Å². The highest BCUT2D eigenvalue weighted by Gasteiger charge is 2.31. The summed E-state index contributed by atoms with van der Waals surface area (Å²) >= 11 is 0. The van der Waals surface area contributed by atoms with Crippen molar-refractivity contribution < 1.29 is 40.2 Å². The molecule has 1 fully saturated rings. The molecular formula is C29H44N5O8+. The lowest BCUT2D eigenvalue weighted by Gasteiger charge is -2.27. The van der Waals surface area contributed by atoms with Crippen LogP contribution in [0.5, 0.6) is 11.5 Å². The summed E-state index contributed by atoms with van der Waals surface area (Å²) in [5.74, 6) is -1.83. The van der Waals surface area contributed by atoms with E-state index in [-0.39, 0.29) is 22.9 Å². The van der Waals surface area contributed by atoms with E-state index in [2.05, 4.69) is 20.4 Å². The quantitative estimate of drug-likeness (QED) is 0.122. The molecule has 1 amide bonds. The van der Waals surface area contributed by atoms with E-state index in [0.717, 1.165) is 11.1 Å². The van der Waals surface area contributed by atoms with E-state index in [0.29, 0.717) is 68.2 Å². The van der Waals surface area contributed by atoms with Gasteiger partial charge in [-0.2, -0.15) is 0 Å². The smallest absolute Gasteiger partial charge is 0.298 e. The van der Waals surface area contributed by atoms with Gasteiger partial charge in [-0.05, 0) is 31.0 Å². The molecule has 232 valence electrons. The Labute approximate surface area is 245 Å². The molecule has 1 saturated heterocycles. The Morgan fingerprint density at radius 2 is 1.36 bits per heavy atom. The molecule has 42 heavy (non-hydrogen) atoms. The summed E-state index contributed by atoms with van der Waals surface area (Å²) < 4.78 is 0.451. The molecule has 13 heteroatoms. The van der Waals surface area contributed by atoms with Crippen molar-refractivity contribution in [3.63, 3.8) is 0 Å². The van der Waals surface area contributed by atoms with Crippen molar-refractivity contribution in [3.05, 3.63) is 51.4 Å². The summed E-state index contributed by atoms with van der Waals surface area (Å²) in [7, 11) is 0. The standard InChI is InChI=1S/C29H43N5O8/c1-19-9-21(27(39)25(11-19)31-29(41)23(15-35)16-36)13-32-5-3-30-4-6-33(8-7-32)14-22-10-20(2)12-26(28(22)40)34(42)24(17-37)18-38/h9-12,23-24,30,35-38H,3-8,13-18H2,1-2H3,(H2-,31,39,40,41,42)/p+1. The number of aromatic hydroxyl groups is 2. The predicted octanol–water partition coefficient (Wildman–Crippen LogP) is -0.0751. The monoisotopic (exact) mass is 590 g/mol. The number of nitrogens with zero attached hydrogens (tertiary/aromatic N) is 3. The lowest BCUT2D eigenvalue weighted by atomic mass is 10.1. The maximum absolute atomic E-state index is 12.7. The van der Waals surface area contributed by atoms with E-state index in [9.17, 15) is 40.3 Å². The van der Waals surface area contributed by atoms with Crippen LogP contribution in [0, 0.1) is 24.7 Å². The molecule has 0 saturated carbocycles. The van der Waals surface area contributed by atoms with Gasteiger partial charge in [0.15, 0.2) is 5.75 Å². The number of anilines is 1. The van der Waals surface area contributed by atoms with Crippen LogP contribution >= 0.6 is 0 Å². The number of benzene rings is 2. The van der Waals surface area contributed by atoms with Crippen LogP contribution in [0.1, 0.15) is 22.3 Å². The fraction of sp³-hybridized carbons (Fsp3) is 0.552. The first-order chi connectivity index (χ1) is 20.1. The van der Waals surface area contributed by atoms with Crippen LogP contribution in [0.15, 0.2) is 24.3 Å². The molecule has 0 aliphatic carbocycles. The molecule has 0 spiro atoms. The maximum atomic E-state index is 12.7. The molecule has 1 aliphatic heterocycles. The third-order valence-corrected chi connectivity index (χ3v) is 7.44. The van der Waals surface area contributed by atoms with E-state index < -0.39 is 44.3 Å². The second-order valence-electron chi connectivity index (χ2n) is 10.8. The van der Waals surface area contributed by atoms with Crippen molar-refractivity contribution in [3.8, 4) is 11.5 Å². The van der Waals surface area contributed by atoms with E-state index >= 15 is 0 Å². The normalized spacial score (nSPS) is 15.4. The molecule has 0 atom stereocenters. The van der Waals surface area contributed by atoms with Crippen LogP contribution in [-0.2, 0) is 17.9 Å². The Morgan fingerprint density at radius 3 is 1.88 bits per heavy atom. The fourth-order valence-corrected chi connectivity index (χ4v) is 4.96. The highest BCUT2D eigenvalue weighted by Crippen LogP contribution is 2.34. The van der Waals surface area contributed by atoms with Crippen LogP contribution in [0.3, 0.4) is 0 Å². The minimum atomic E-state index is -1.08. The average Bonchev–Trinajstić information content (AvgIpc) is 3.06. The highest BCUT2D eigenvalue weighted by molar-refractivity contribution is 5.94. The first kappa shape index (κ1) is 33.3. The molecule has 0 bridgehead atoms. The Hall–Kier alpha value is -3.17. The molecule has 0 aromatic heterocycles. The number of aryl methyl sites for hydroxylation is 2. The van der Waals surface area contributed by atoms with Gasteiger partial charge in [0.2, 0.25) is 5.91 Å². The van der Waals surface area contributed by atoms with Crippen molar-refractivity contribution >= 4 is 17.3 Å². The first-order valence-electron chi connectivity index (χ1n) is 14.1. The van der Waals surface area contributed by atoms with Crippen molar-refractivity contribution in [2.45, 2.75) is 33.0 Å². The Kier molecular flexibility index (Phi) is 12.6. The van der Waals surface area contributed by atoms with E-state index in [1.165, 1.54) is 6.07 Å². The molecule has 3 rings (SSSR count). The topological polar surface area (TPSA) is 189 Å². The summed E-state index contributed by atoms with van der Waals surface area (Å²) in [4.78, 5) is 29.4. The SMILES string of the molecule is Cc1cc(CN2CCNCCN(Cc3cc(C)cc([N+](=O)C(CO)CO)c3O)CC2)c(O)c(NC(=O)C(CO)CO)c1. The molecular weight excluding hydrogens is 546 g/mol. The Bertz CT molecular complexity index is 1220. The van der Waals surface area contributed by atoms with E-state index in [1.807, 2.05) is 26.0 Å². The summed E-state index contributed by atoms with van der Waals surface area (Å²) in [6, 6.07) is 5.76. The molecule has 0 radical (unpaired) electrons. The number of hydrogen-bond acceptors (Lipinski definition) is 11. The Balaban J connectivity index is 1.76. The summed E-state index contributed by atoms with van der Waals surface area (Å²) in [6.07, 6.45) is 0. The number of aliphatic hydroxyl groups excluding tert-OH is 4. The van der Waals surface area contributed by atoms with Crippen LogP contribution in [0.4, 0.5) is 11.4 Å². The minimum absolute atomic E-state index is 0.00392. The number of hydrogen-bond donors (Lipinski definition) is 8. The number of phenolic OH excluding ortho intramolecular Hbond substituents is 2. The van der Waals surface area contributed by atoms with E-state index in [4.69, 9.17) is 0 Å². The lowest BCUT2D eigenvalue weighted by Crippen LogP contribution is -2.35. The summed E-state index contributed by atoms with van der Waals surface area (Å²) in [6.45, 7) is 6.41. The number of aliphatic hydroxyl groups is 4. The molecule has 2 aromatic carbocycles. The van der Waals surface area contributed by atoms with Gasteiger partial charge in [0.25, 0.3) is 11.7 Å². The van der Waals surface area contributed by atoms with E-state index in [1.54, 1.807) is 6.07 Å². The van der Waals surface area contributed by atoms with Gasteiger partial charge >= 0.3 is 0 Å². The van der Waals surface area contributed by atoms with Gasteiger partial charge < -0.3 is 41.3 Å². The molecule has 8 N–H and O–H groups in total. The minimum Gasteiger partial charge on any atom is -0.505 e. The largest absolute Gasteiger partial charge is 0.505 e. The van der Waals surface area contributed by atoms with Crippen LogP contribution < -0.4 is 10.6 Å². The first-order valence-corrected chi connectivity index (χ1v) is 14.1. The third-order valence-electron chi connectivity index (χ3n) is 7.44. The Morgan fingerprint density at radius 1 is 0.833 bits per heavy atom. The number of carbonyl (C=O) groups excluding carboxylic acids is 1. The van der Waals surface area contributed by atoms with Crippen molar-refractivity contribution in [1.82, 2.24) is 15.1 Å². The number of nitroso groups, excluding NO2 is 1. The van der Waals surface area contributed by atoms with Gasteiger partial charge in [-0.3, -0.25) is 14.6 Å². The number of amides is 1. The highest BCUT2D eigenvalue weighted by atomic mass is 16.3. The zero-order chi connectivity index (χ0) is 30.8. The maximum Gasteiger partial charge on any atom is 0.298 e. The predicted molar refractivity (Wildman–Crippen MR) is 157 cm³/mol. The number of nitrogens with one attached hydrogen (secondary N) is 2. The molecule has 2 aromatic rings. The zero-order valence-electron chi connectivity index (χ0n) is 24.3. The molecule has 13 nitrogen and oxygen atoms in total. The van der Waals surface area contributed by atoms with Gasteiger partial charge in [0, 0.05) is 79.2 Å². The number of rotatable bonds is 12. The van der Waals surface area contributed by atoms with Crippen molar-refractivity contribution in [2.24, 2.45) is 5.92 Å². The van der Waals surface area contributed by atoms with Gasteiger partial charge in [0.05, 0.1) is 24.8 Å². The number of carbonyl (C=O) groups is 1. The second-order valence-corrected chi connectivity index (χ2v) is 10.8. The molecule has 1 aliphatic rings. The third kappa shape index (κ3) is 8.67. The fourth-order valence-electron chi connectivity index (χ4n) is 4.96. The van der Waals surface area contributed by atoms with Gasteiger partial charge in [-0.15, -0.1) is 0 Å². The second kappa shape index (κ2) is 15.9. The van der Waals surface area contributed by atoms with Crippen LogP contribution in [-0.4, -0.2) is 123 Å². The zero-order valence-corrected chi connectivity index (χ0v) is 24.3. The van der Waals surface area contributed by atoms with Gasteiger partial charge in [-0.25, -0.2) is 0 Å². The summed E-state index contributed by atoms with van der Waals surface area (Å²) in [5, 5.41) is 65.4. The van der Waals surface area contributed by atoms with Crippen LogP contribution in [0.2, 0.25) is 0 Å². The number of phenols is 2. The lowest BCUT2D eigenvalue weighted by molar-refractivity contribution is -0.514. The molecule has 1 heterocycles.